The highest BCUT2D eigenvalue weighted by Crippen LogP contribution is 2.46. The zero-order chi connectivity index (χ0) is 25.2. The molecule has 0 fully saturated rings. The maximum absolute atomic E-state index is 12.7. The molecule has 1 aliphatic rings. The monoisotopic (exact) mass is 491 g/mol. The number of allylic oxidation sites excluding steroid dienone is 2. The number of hydrazone groups is 1. The van der Waals surface area contributed by atoms with Crippen molar-refractivity contribution in [1.29, 1.82) is 0 Å². The number of sulfonamides is 1. The maximum Gasteiger partial charge on any atom is 0.295 e. The van der Waals surface area contributed by atoms with E-state index in [2.05, 4.69) is 46.1 Å². The number of nitrogens with zero attached hydrogens (tertiary/aromatic N) is 3. The lowest BCUT2D eigenvalue weighted by Crippen LogP contribution is -2.23. The summed E-state index contributed by atoms with van der Waals surface area (Å²) in [5.74, 6) is 0. The van der Waals surface area contributed by atoms with Crippen LogP contribution < -0.4 is 15.0 Å². The minimum absolute atomic E-state index is 0.0747. The van der Waals surface area contributed by atoms with Gasteiger partial charge in [0.05, 0.1) is 9.82 Å². The quantitative estimate of drug-likeness (QED) is 0.270. The van der Waals surface area contributed by atoms with Crippen LogP contribution in [0.1, 0.15) is 19.4 Å². The van der Waals surface area contributed by atoms with Gasteiger partial charge in [0.2, 0.25) is 0 Å². The van der Waals surface area contributed by atoms with E-state index in [1.807, 2.05) is 25.3 Å². The molecule has 2 N–H and O–H groups in total. The van der Waals surface area contributed by atoms with Crippen LogP contribution in [0.2, 0.25) is 0 Å². The molecule has 0 amide bonds. The number of hydrogen-bond donors (Lipinski definition) is 2. The van der Waals surface area contributed by atoms with E-state index >= 15 is 0 Å². The van der Waals surface area contributed by atoms with E-state index in [9.17, 15) is 18.5 Å². The molecule has 0 unspecified atom stereocenters. The number of nitrogens with one attached hydrogen (secondary N) is 2. The molecule has 3 aromatic rings. The second kappa shape index (κ2) is 9.22. The maximum atomic E-state index is 12.7. The molecule has 35 heavy (non-hydrogen) atoms. The van der Waals surface area contributed by atoms with Crippen molar-refractivity contribution in [3.63, 3.8) is 0 Å². The first-order valence-corrected chi connectivity index (χ1v) is 12.3. The van der Waals surface area contributed by atoms with Crippen LogP contribution in [0, 0.1) is 10.1 Å². The molecule has 1 aliphatic heterocycles. The van der Waals surface area contributed by atoms with Gasteiger partial charge in [0.15, 0.2) is 0 Å². The van der Waals surface area contributed by atoms with E-state index in [1.54, 1.807) is 30.3 Å². The minimum Gasteiger partial charge on any atom is -0.347 e. The molecular weight excluding hydrogens is 466 g/mol. The van der Waals surface area contributed by atoms with Gasteiger partial charge in [-0.25, -0.2) is 8.42 Å². The van der Waals surface area contributed by atoms with Crippen molar-refractivity contribution in [2.45, 2.75) is 24.2 Å². The first-order chi connectivity index (χ1) is 16.6. The third-order valence-corrected chi connectivity index (χ3v) is 7.31. The molecule has 9 nitrogen and oxygen atoms in total. The molecule has 180 valence electrons. The number of rotatable bonds is 7. The van der Waals surface area contributed by atoms with Gasteiger partial charge in [-0.1, -0.05) is 50.2 Å². The Morgan fingerprint density at radius 3 is 2.40 bits per heavy atom. The van der Waals surface area contributed by atoms with Crippen LogP contribution in [0.15, 0.2) is 94.6 Å². The van der Waals surface area contributed by atoms with Crippen molar-refractivity contribution in [3.05, 3.63) is 100 Å². The summed E-state index contributed by atoms with van der Waals surface area (Å²) in [6, 6.07) is 20.1. The topological polar surface area (TPSA) is 117 Å². The first-order valence-electron chi connectivity index (χ1n) is 10.8. The van der Waals surface area contributed by atoms with Gasteiger partial charge in [-0.3, -0.25) is 20.3 Å². The zero-order valence-electron chi connectivity index (χ0n) is 19.5. The number of likely N-dealkylation sites (N-methyl/N-ethyl adjacent to an activating group) is 1. The summed E-state index contributed by atoms with van der Waals surface area (Å²) in [6.07, 6.45) is 3.38. The van der Waals surface area contributed by atoms with E-state index in [-0.39, 0.29) is 16.0 Å². The van der Waals surface area contributed by atoms with Crippen LogP contribution in [0.3, 0.4) is 0 Å². The Morgan fingerprint density at radius 1 is 1.03 bits per heavy atom. The Hall–Kier alpha value is -4.18. The van der Waals surface area contributed by atoms with Gasteiger partial charge in [0.25, 0.3) is 15.7 Å². The Balaban J connectivity index is 1.55. The highest BCUT2D eigenvalue weighted by molar-refractivity contribution is 7.92. The molecule has 1 heterocycles. The summed E-state index contributed by atoms with van der Waals surface area (Å²) in [5.41, 5.74) is 5.79. The van der Waals surface area contributed by atoms with Crippen molar-refractivity contribution in [2.75, 3.05) is 22.1 Å². The summed E-state index contributed by atoms with van der Waals surface area (Å²) in [6.45, 7) is 4.24. The summed E-state index contributed by atoms with van der Waals surface area (Å²) < 4.78 is 27.8. The number of nitro benzene ring substituents is 1. The van der Waals surface area contributed by atoms with Crippen molar-refractivity contribution in [2.24, 2.45) is 5.10 Å². The van der Waals surface area contributed by atoms with E-state index in [1.165, 1.54) is 23.9 Å². The molecule has 0 atom stereocenters. The normalized spacial score (nSPS) is 15.9. The number of benzene rings is 3. The second-order valence-electron chi connectivity index (χ2n) is 8.55. The number of hydrogen-bond acceptors (Lipinski definition) is 7. The third kappa shape index (κ3) is 4.73. The van der Waals surface area contributed by atoms with Crippen LogP contribution >= 0.6 is 0 Å². The molecular formula is C25H25N5O4S. The van der Waals surface area contributed by atoms with Gasteiger partial charge >= 0.3 is 0 Å². The minimum atomic E-state index is -4.00. The molecule has 4 rings (SSSR count). The smallest absolute Gasteiger partial charge is 0.295 e. The Labute approximate surface area is 204 Å². The predicted molar refractivity (Wildman–Crippen MR) is 138 cm³/mol. The molecule has 0 spiro atoms. The molecule has 0 aliphatic carbocycles. The van der Waals surface area contributed by atoms with E-state index in [0.29, 0.717) is 5.69 Å². The van der Waals surface area contributed by atoms with Gasteiger partial charge in [-0.15, -0.1) is 0 Å². The lowest BCUT2D eigenvalue weighted by molar-refractivity contribution is -0.384. The molecule has 3 aromatic carbocycles. The van der Waals surface area contributed by atoms with Gasteiger partial charge in [-0.05, 0) is 42.0 Å². The van der Waals surface area contributed by atoms with Gasteiger partial charge in [-0.2, -0.15) is 5.10 Å². The molecule has 0 saturated carbocycles. The van der Waals surface area contributed by atoms with E-state index in [0.717, 1.165) is 17.5 Å². The summed E-state index contributed by atoms with van der Waals surface area (Å²) in [7, 11) is -2.02. The summed E-state index contributed by atoms with van der Waals surface area (Å²) >= 11 is 0. The van der Waals surface area contributed by atoms with Crippen molar-refractivity contribution in [3.8, 4) is 0 Å². The Kier molecular flexibility index (Phi) is 6.31. The second-order valence-corrected chi connectivity index (χ2v) is 10.2. The van der Waals surface area contributed by atoms with E-state index in [4.69, 9.17) is 0 Å². The molecule has 10 heteroatoms. The lowest BCUT2D eigenvalue weighted by atomic mass is 9.84. The first kappa shape index (κ1) is 24.0. The number of para-hydroxylation sites is 2. The standard InChI is InChI=1S/C25H25N5O4S/c1-25(2)20-11-7-8-12-22(20)29(3)24(25)15-16-26-27-21-14-13-19(17-23(21)30(31)32)35(33,34)28-18-9-5-4-6-10-18/h4-17,27-28H,1-3H3. The lowest BCUT2D eigenvalue weighted by Gasteiger charge is -2.23. The average molecular weight is 492 g/mol. The molecule has 0 radical (unpaired) electrons. The number of fused-ring (bicyclic) bond motifs is 1. The van der Waals surface area contributed by atoms with Gasteiger partial charge < -0.3 is 4.90 Å². The fourth-order valence-electron chi connectivity index (χ4n) is 4.16. The predicted octanol–water partition coefficient (Wildman–Crippen LogP) is 5.10. The largest absolute Gasteiger partial charge is 0.347 e. The van der Waals surface area contributed by atoms with Crippen LogP contribution in [-0.4, -0.2) is 26.6 Å². The Morgan fingerprint density at radius 2 is 1.71 bits per heavy atom. The fourth-order valence-corrected chi connectivity index (χ4v) is 5.24. The summed E-state index contributed by atoms with van der Waals surface area (Å²) in [5, 5.41) is 15.8. The molecule has 0 bridgehead atoms. The third-order valence-electron chi connectivity index (χ3n) is 5.93. The van der Waals surface area contributed by atoms with Crippen molar-refractivity contribution < 1.29 is 13.3 Å². The van der Waals surface area contributed by atoms with Crippen molar-refractivity contribution >= 4 is 39.0 Å². The number of anilines is 3. The highest BCUT2D eigenvalue weighted by atomic mass is 32.2. The molecule has 0 aromatic heterocycles. The van der Waals surface area contributed by atoms with Crippen LogP contribution in [0.5, 0.6) is 0 Å². The SMILES string of the molecule is CN1C(=CC=NNc2ccc(S(=O)(=O)Nc3ccccc3)cc2[N+](=O)[O-])C(C)(C)c2ccccc21. The Bertz CT molecular complexity index is 1430. The van der Waals surface area contributed by atoms with Crippen LogP contribution in [-0.2, 0) is 15.4 Å². The number of nitro groups is 1. The fraction of sp³-hybridized carbons (Fsp3) is 0.160. The van der Waals surface area contributed by atoms with Crippen molar-refractivity contribution in [1.82, 2.24) is 0 Å². The van der Waals surface area contributed by atoms with Gasteiger partial charge in [0, 0.05) is 41.8 Å². The van der Waals surface area contributed by atoms with Crippen LogP contribution in [0.4, 0.5) is 22.7 Å². The summed E-state index contributed by atoms with van der Waals surface area (Å²) in [4.78, 5) is 12.8. The molecule has 0 saturated heterocycles. The zero-order valence-corrected chi connectivity index (χ0v) is 20.3. The highest BCUT2D eigenvalue weighted by Gasteiger charge is 2.37. The van der Waals surface area contributed by atoms with Crippen LogP contribution in [0.25, 0.3) is 0 Å². The van der Waals surface area contributed by atoms with E-state index < -0.39 is 20.6 Å². The van der Waals surface area contributed by atoms with Gasteiger partial charge in [0.1, 0.15) is 5.69 Å². The average Bonchev–Trinajstić information content (AvgIpc) is 3.02.